The maximum Gasteiger partial charge on any atom is 0.310 e. The fraction of sp³-hybridized carbons (Fsp3) is 0.571. The van der Waals surface area contributed by atoms with Crippen LogP contribution in [0.5, 0.6) is 0 Å². The van der Waals surface area contributed by atoms with Crippen molar-refractivity contribution in [3.63, 3.8) is 0 Å². The Hall–Kier alpha value is -2.37. The highest BCUT2D eigenvalue weighted by molar-refractivity contribution is 6.00. The number of rotatable bonds is 4. The molecule has 2 heterocycles. The predicted molar refractivity (Wildman–Crippen MR) is 102 cm³/mol. The minimum absolute atomic E-state index is 0.0146. The molecule has 1 aromatic rings. The molecule has 0 aromatic heterocycles. The van der Waals surface area contributed by atoms with E-state index < -0.39 is 0 Å². The summed E-state index contributed by atoms with van der Waals surface area (Å²) in [4.78, 5) is 41.0. The molecule has 2 aliphatic rings. The Morgan fingerprint density at radius 2 is 1.96 bits per heavy atom. The average molecular weight is 372 g/mol. The number of nitrogens with zero attached hydrogens (tertiary/aromatic N) is 2. The number of amides is 2. The van der Waals surface area contributed by atoms with E-state index in [2.05, 4.69) is 0 Å². The van der Waals surface area contributed by atoms with Crippen LogP contribution in [-0.4, -0.2) is 48.9 Å². The lowest BCUT2D eigenvalue weighted by Crippen LogP contribution is -2.45. The van der Waals surface area contributed by atoms with Gasteiger partial charge < -0.3 is 14.5 Å². The molecule has 2 saturated heterocycles. The molecule has 0 spiro atoms. The summed E-state index contributed by atoms with van der Waals surface area (Å²) >= 11 is 0. The van der Waals surface area contributed by atoms with Crippen LogP contribution in [0.15, 0.2) is 18.2 Å². The Bertz CT molecular complexity index is 746. The fourth-order valence-corrected chi connectivity index (χ4v) is 4.10. The minimum atomic E-state index is -0.348. The Balaban J connectivity index is 1.67. The number of esters is 1. The second-order valence-electron chi connectivity index (χ2n) is 7.57. The zero-order valence-corrected chi connectivity index (χ0v) is 16.4. The van der Waals surface area contributed by atoms with Crippen LogP contribution < -0.4 is 4.90 Å². The predicted octanol–water partition coefficient (Wildman–Crippen LogP) is 2.46. The van der Waals surface area contributed by atoms with E-state index in [1.165, 1.54) is 0 Å². The Morgan fingerprint density at radius 1 is 1.19 bits per heavy atom. The quantitative estimate of drug-likeness (QED) is 0.762. The molecule has 2 fully saturated rings. The van der Waals surface area contributed by atoms with E-state index in [1.54, 1.807) is 16.7 Å². The van der Waals surface area contributed by atoms with Crippen molar-refractivity contribution >= 4 is 23.5 Å². The first-order valence-corrected chi connectivity index (χ1v) is 9.73. The van der Waals surface area contributed by atoms with Crippen LogP contribution in [0.1, 0.15) is 37.3 Å². The smallest absolute Gasteiger partial charge is 0.310 e. The average Bonchev–Trinajstić information content (AvgIpc) is 3.03. The molecule has 0 radical (unpaired) electrons. The topological polar surface area (TPSA) is 66.9 Å². The molecule has 0 bridgehead atoms. The van der Waals surface area contributed by atoms with Gasteiger partial charge in [0.2, 0.25) is 11.8 Å². The highest BCUT2D eigenvalue weighted by Crippen LogP contribution is 2.30. The summed E-state index contributed by atoms with van der Waals surface area (Å²) in [6, 6.07) is 5.98. The number of ether oxygens (including phenoxy) is 1. The van der Waals surface area contributed by atoms with Gasteiger partial charge in [-0.2, -0.15) is 0 Å². The zero-order valence-electron chi connectivity index (χ0n) is 16.4. The first-order chi connectivity index (χ1) is 12.9. The Morgan fingerprint density at radius 3 is 2.67 bits per heavy atom. The maximum atomic E-state index is 13.0. The van der Waals surface area contributed by atoms with Crippen molar-refractivity contribution < 1.29 is 19.1 Å². The lowest BCUT2D eigenvalue weighted by atomic mass is 9.96. The molecular formula is C21H28N2O4. The van der Waals surface area contributed by atoms with Crippen LogP contribution in [0.25, 0.3) is 0 Å². The summed E-state index contributed by atoms with van der Waals surface area (Å²) in [5, 5.41) is 0. The fourth-order valence-electron chi connectivity index (χ4n) is 4.10. The summed E-state index contributed by atoms with van der Waals surface area (Å²) < 4.78 is 5.11. The van der Waals surface area contributed by atoms with Crippen molar-refractivity contribution in [2.24, 2.45) is 11.8 Å². The molecular weight excluding hydrogens is 344 g/mol. The van der Waals surface area contributed by atoms with E-state index in [9.17, 15) is 14.4 Å². The molecule has 2 atom stereocenters. The molecule has 6 nitrogen and oxygen atoms in total. The van der Waals surface area contributed by atoms with Crippen LogP contribution in [0.2, 0.25) is 0 Å². The van der Waals surface area contributed by atoms with Gasteiger partial charge in [0, 0.05) is 31.7 Å². The molecule has 6 heteroatoms. The summed E-state index contributed by atoms with van der Waals surface area (Å²) in [7, 11) is 0. The number of anilines is 1. The molecule has 0 aliphatic carbocycles. The van der Waals surface area contributed by atoms with E-state index in [-0.39, 0.29) is 36.0 Å². The third kappa shape index (κ3) is 4.15. The monoisotopic (exact) mass is 372 g/mol. The van der Waals surface area contributed by atoms with Gasteiger partial charge in [0.15, 0.2) is 0 Å². The van der Waals surface area contributed by atoms with Gasteiger partial charge >= 0.3 is 5.97 Å². The second kappa shape index (κ2) is 8.11. The van der Waals surface area contributed by atoms with E-state index in [4.69, 9.17) is 4.74 Å². The lowest BCUT2D eigenvalue weighted by molar-refractivity contribution is -0.152. The standard InChI is InChI=1S/C21H28N2O4/c1-4-27-21(26)16-6-5-9-22(12-16)20(25)17-11-19(24)23(13-17)18-8-7-14(2)10-15(18)3/h7-8,10,16-17H,4-6,9,11-13H2,1-3H3. The van der Waals surface area contributed by atoms with Crippen LogP contribution in [0.4, 0.5) is 5.69 Å². The number of likely N-dealkylation sites (tertiary alicyclic amines) is 1. The number of piperidine rings is 1. The third-order valence-corrected chi connectivity index (χ3v) is 5.47. The Kier molecular flexibility index (Phi) is 5.82. The van der Waals surface area contributed by atoms with Gasteiger partial charge in [-0.1, -0.05) is 17.7 Å². The first kappa shape index (κ1) is 19.4. The van der Waals surface area contributed by atoms with Crippen LogP contribution in [0, 0.1) is 25.7 Å². The van der Waals surface area contributed by atoms with Crippen molar-refractivity contribution in [3.8, 4) is 0 Å². The molecule has 3 rings (SSSR count). The molecule has 0 N–H and O–H groups in total. The molecule has 146 valence electrons. The second-order valence-corrected chi connectivity index (χ2v) is 7.57. The van der Waals surface area contributed by atoms with Crippen LogP contribution in [0.3, 0.4) is 0 Å². The molecule has 27 heavy (non-hydrogen) atoms. The molecule has 2 aliphatic heterocycles. The van der Waals surface area contributed by atoms with Crippen LogP contribution in [-0.2, 0) is 19.1 Å². The molecule has 0 saturated carbocycles. The van der Waals surface area contributed by atoms with E-state index in [1.807, 2.05) is 32.0 Å². The summed E-state index contributed by atoms with van der Waals surface area (Å²) in [5.74, 6) is -0.868. The highest BCUT2D eigenvalue weighted by atomic mass is 16.5. The SMILES string of the molecule is CCOC(=O)C1CCCN(C(=O)C2CC(=O)N(c3ccc(C)cc3C)C2)C1. The van der Waals surface area contributed by atoms with Crippen molar-refractivity contribution in [1.82, 2.24) is 4.90 Å². The minimum Gasteiger partial charge on any atom is -0.466 e. The van der Waals surface area contributed by atoms with E-state index in [0.717, 1.165) is 29.7 Å². The van der Waals surface area contributed by atoms with E-state index >= 15 is 0 Å². The largest absolute Gasteiger partial charge is 0.466 e. The number of hydrogen-bond donors (Lipinski definition) is 0. The van der Waals surface area contributed by atoms with Gasteiger partial charge in [0.25, 0.3) is 0 Å². The van der Waals surface area contributed by atoms with Gasteiger partial charge in [-0.25, -0.2) is 0 Å². The maximum absolute atomic E-state index is 13.0. The third-order valence-electron chi connectivity index (χ3n) is 5.47. The number of carbonyl (C=O) groups excluding carboxylic acids is 3. The van der Waals surface area contributed by atoms with Crippen molar-refractivity contribution in [3.05, 3.63) is 29.3 Å². The normalized spacial score (nSPS) is 22.9. The molecule has 2 unspecified atom stereocenters. The van der Waals surface area contributed by atoms with Crippen molar-refractivity contribution in [1.29, 1.82) is 0 Å². The molecule has 2 amide bonds. The number of aryl methyl sites for hydroxylation is 2. The van der Waals surface area contributed by atoms with Crippen molar-refractivity contribution in [2.75, 3.05) is 31.1 Å². The van der Waals surface area contributed by atoms with Crippen LogP contribution >= 0.6 is 0 Å². The van der Waals surface area contributed by atoms with Gasteiger partial charge in [0.1, 0.15) is 0 Å². The Labute approximate surface area is 160 Å². The first-order valence-electron chi connectivity index (χ1n) is 9.73. The van der Waals surface area contributed by atoms with E-state index in [0.29, 0.717) is 26.2 Å². The van der Waals surface area contributed by atoms with Gasteiger partial charge in [-0.05, 0) is 45.2 Å². The number of hydrogen-bond acceptors (Lipinski definition) is 4. The van der Waals surface area contributed by atoms with Gasteiger partial charge in [-0.3, -0.25) is 14.4 Å². The highest BCUT2D eigenvalue weighted by Gasteiger charge is 2.39. The summed E-state index contributed by atoms with van der Waals surface area (Å²) in [5.41, 5.74) is 3.06. The number of benzene rings is 1. The van der Waals surface area contributed by atoms with Crippen molar-refractivity contribution in [2.45, 2.75) is 40.0 Å². The van der Waals surface area contributed by atoms with Gasteiger partial charge in [-0.15, -0.1) is 0 Å². The number of carbonyl (C=O) groups is 3. The summed E-state index contributed by atoms with van der Waals surface area (Å²) in [6.07, 6.45) is 1.77. The molecule has 1 aromatic carbocycles. The lowest BCUT2D eigenvalue weighted by Gasteiger charge is -2.33. The summed E-state index contributed by atoms with van der Waals surface area (Å²) in [6.45, 7) is 7.59. The van der Waals surface area contributed by atoms with Gasteiger partial charge in [0.05, 0.1) is 18.4 Å². The zero-order chi connectivity index (χ0) is 19.6.